The zero-order valence-electron chi connectivity index (χ0n) is 11.9. The summed E-state index contributed by atoms with van der Waals surface area (Å²) in [6.45, 7) is 7.92. The molecule has 0 aliphatic rings. The van der Waals surface area contributed by atoms with Gasteiger partial charge in [-0.1, -0.05) is 42.0 Å². The van der Waals surface area contributed by atoms with Crippen molar-refractivity contribution in [1.29, 1.82) is 0 Å². The van der Waals surface area contributed by atoms with Crippen LogP contribution in [0.3, 0.4) is 0 Å². The molecule has 0 radical (unpaired) electrons. The summed E-state index contributed by atoms with van der Waals surface area (Å²) >= 11 is 0. The zero-order valence-corrected chi connectivity index (χ0v) is 11.9. The van der Waals surface area contributed by atoms with E-state index < -0.39 is 5.41 Å². The van der Waals surface area contributed by atoms with Crippen LogP contribution in [-0.4, -0.2) is 13.1 Å². The summed E-state index contributed by atoms with van der Waals surface area (Å²) in [5.74, 6) is -0.145. The van der Waals surface area contributed by atoms with Gasteiger partial charge in [0.25, 0.3) is 0 Å². The Labute approximate surface area is 110 Å². The van der Waals surface area contributed by atoms with Gasteiger partial charge in [-0.05, 0) is 33.3 Å². The molecule has 18 heavy (non-hydrogen) atoms. The van der Waals surface area contributed by atoms with Gasteiger partial charge >= 0.3 is 5.97 Å². The zero-order chi connectivity index (χ0) is 13.8. The van der Waals surface area contributed by atoms with Crippen LogP contribution in [0.1, 0.15) is 39.2 Å². The Hall–Kier alpha value is -1.57. The molecule has 1 rings (SSSR count). The van der Waals surface area contributed by atoms with Gasteiger partial charge in [-0.3, -0.25) is 4.79 Å². The molecule has 2 nitrogen and oxygen atoms in total. The number of benzene rings is 1. The Balaban J connectivity index is 3.27. The van der Waals surface area contributed by atoms with Gasteiger partial charge in [-0.15, -0.1) is 0 Å². The Morgan fingerprint density at radius 2 is 1.83 bits per heavy atom. The summed E-state index contributed by atoms with van der Waals surface area (Å²) in [6, 6.07) is 10.1. The maximum Gasteiger partial charge on any atom is 0.312 e. The number of carbonyl (C=O) groups is 1. The number of hydrogen-bond donors (Lipinski definition) is 0. The Morgan fingerprint density at radius 3 is 2.28 bits per heavy atom. The summed E-state index contributed by atoms with van der Waals surface area (Å²) in [6.07, 6.45) is 2.06. The molecule has 0 bridgehead atoms. The average Bonchev–Trinajstić information content (AvgIpc) is 2.38. The second kappa shape index (κ2) is 5.85. The first kappa shape index (κ1) is 14.5. The lowest BCUT2D eigenvalue weighted by atomic mass is 9.71. The van der Waals surface area contributed by atoms with E-state index in [9.17, 15) is 4.79 Å². The highest BCUT2D eigenvalue weighted by Gasteiger charge is 2.39. The molecular formula is C16H22O2. The number of methoxy groups -OCH3 is 1. The molecule has 0 N–H and O–H groups in total. The number of ether oxygens (including phenoxy) is 1. The van der Waals surface area contributed by atoms with Gasteiger partial charge in [0.2, 0.25) is 0 Å². The molecule has 1 aromatic carbocycles. The van der Waals surface area contributed by atoms with Gasteiger partial charge in [0, 0.05) is 5.92 Å². The maximum absolute atomic E-state index is 12.0. The normalized spacial score (nSPS) is 14.2. The van der Waals surface area contributed by atoms with E-state index in [1.165, 1.54) is 12.7 Å². The van der Waals surface area contributed by atoms with E-state index in [0.29, 0.717) is 0 Å². The van der Waals surface area contributed by atoms with Crippen LogP contribution in [0, 0.1) is 5.41 Å². The highest BCUT2D eigenvalue weighted by molar-refractivity contribution is 5.78. The third-order valence-corrected chi connectivity index (χ3v) is 3.48. The third kappa shape index (κ3) is 2.81. The molecule has 0 aliphatic heterocycles. The summed E-state index contributed by atoms with van der Waals surface area (Å²) in [5.41, 5.74) is 1.74. The van der Waals surface area contributed by atoms with Crippen LogP contribution in [0.4, 0.5) is 0 Å². The van der Waals surface area contributed by atoms with Crippen molar-refractivity contribution in [2.45, 2.75) is 33.6 Å². The first-order valence-electron chi connectivity index (χ1n) is 6.21. The van der Waals surface area contributed by atoms with Crippen LogP contribution in [0.2, 0.25) is 0 Å². The van der Waals surface area contributed by atoms with Crippen LogP contribution in [0.15, 0.2) is 42.0 Å². The van der Waals surface area contributed by atoms with E-state index >= 15 is 0 Å². The topological polar surface area (TPSA) is 26.3 Å². The predicted molar refractivity (Wildman–Crippen MR) is 74.4 cm³/mol. The Kier molecular flexibility index (Phi) is 4.71. The minimum atomic E-state index is -0.577. The number of esters is 1. The molecule has 0 fully saturated rings. The smallest absolute Gasteiger partial charge is 0.312 e. The minimum Gasteiger partial charge on any atom is -0.469 e. The number of rotatable bonds is 4. The first-order chi connectivity index (χ1) is 8.45. The molecule has 0 heterocycles. The lowest BCUT2D eigenvalue weighted by molar-refractivity contribution is -0.151. The van der Waals surface area contributed by atoms with Crippen molar-refractivity contribution in [2.75, 3.05) is 7.11 Å². The second-order valence-corrected chi connectivity index (χ2v) is 5.09. The first-order valence-corrected chi connectivity index (χ1v) is 6.21. The van der Waals surface area contributed by atoms with Gasteiger partial charge < -0.3 is 4.74 Å². The molecule has 1 unspecified atom stereocenters. The molecule has 98 valence electrons. The van der Waals surface area contributed by atoms with E-state index in [1.807, 2.05) is 39.0 Å². The van der Waals surface area contributed by atoms with E-state index in [2.05, 4.69) is 25.1 Å². The molecule has 0 aliphatic carbocycles. The van der Waals surface area contributed by atoms with Gasteiger partial charge in [-0.2, -0.15) is 0 Å². The Bertz CT molecular complexity index is 430. The number of allylic oxidation sites excluding steroid dienone is 2. The lowest BCUT2D eigenvalue weighted by Crippen LogP contribution is -2.33. The molecule has 2 heteroatoms. The number of carbonyl (C=O) groups excluding carboxylic acids is 1. The Morgan fingerprint density at radius 1 is 1.28 bits per heavy atom. The molecule has 0 saturated heterocycles. The van der Waals surface area contributed by atoms with Crippen molar-refractivity contribution in [2.24, 2.45) is 5.41 Å². The van der Waals surface area contributed by atoms with Gasteiger partial charge in [0.1, 0.15) is 0 Å². The lowest BCUT2D eigenvalue weighted by Gasteiger charge is -2.33. The van der Waals surface area contributed by atoms with Gasteiger partial charge in [-0.25, -0.2) is 0 Å². The van der Waals surface area contributed by atoms with Crippen LogP contribution in [0.25, 0.3) is 0 Å². The molecule has 0 saturated carbocycles. The van der Waals surface area contributed by atoms with Crippen molar-refractivity contribution in [1.82, 2.24) is 0 Å². The van der Waals surface area contributed by atoms with Crippen LogP contribution in [-0.2, 0) is 9.53 Å². The SMILES string of the molecule is C/C=C(/C)C(c1ccccc1)C(C)(C)C(=O)OC. The van der Waals surface area contributed by atoms with E-state index in [-0.39, 0.29) is 11.9 Å². The van der Waals surface area contributed by atoms with Crippen LogP contribution >= 0.6 is 0 Å². The summed E-state index contributed by atoms with van der Waals surface area (Å²) in [7, 11) is 1.44. The summed E-state index contributed by atoms with van der Waals surface area (Å²) in [4.78, 5) is 12.0. The second-order valence-electron chi connectivity index (χ2n) is 5.09. The fourth-order valence-electron chi connectivity index (χ4n) is 2.44. The largest absolute Gasteiger partial charge is 0.469 e. The van der Waals surface area contributed by atoms with Gasteiger partial charge in [0.05, 0.1) is 12.5 Å². The third-order valence-electron chi connectivity index (χ3n) is 3.48. The fourth-order valence-corrected chi connectivity index (χ4v) is 2.44. The molecule has 0 amide bonds. The quantitative estimate of drug-likeness (QED) is 0.594. The molecular weight excluding hydrogens is 224 g/mol. The van der Waals surface area contributed by atoms with Gasteiger partial charge in [0.15, 0.2) is 0 Å². The van der Waals surface area contributed by atoms with Crippen LogP contribution in [0.5, 0.6) is 0 Å². The summed E-state index contributed by atoms with van der Waals surface area (Å²) in [5, 5.41) is 0. The van der Waals surface area contributed by atoms with E-state index in [0.717, 1.165) is 5.56 Å². The number of hydrogen-bond acceptors (Lipinski definition) is 2. The van der Waals surface area contributed by atoms with E-state index in [1.54, 1.807) is 0 Å². The highest BCUT2D eigenvalue weighted by atomic mass is 16.5. The van der Waals surface area contributed by atoms with Crippen molar-refractivity contribution in [3.63, 3.8) is 0 Å². The van der Waals surface area contributed by atoms with E-state index in [4.69, 9.17) is 4.74 Å². The fraction of sp³-hybridized carbons (Fsp3) is 0.438. The average molecular weight is 246 g/mol. The summed E-state index contributed by atoms with van der Waals surface area (Å²) < 4.78 is 4.95. The van der Waals surface area contributed by atoms with Crippen molar-refractivity contribution >= 4 is 5.97 Å². The van der Waals surface area contributed by atoms with Crippen molar-refractivity contribution in [3.05, 3.63) is 47.5 Å². The van der Waals surface area contributed by atoms with Crippen molar-refractivity contribution < 1.29 is 9.53 Å². The maximum atomic E-state index is 12.0. The molecule has 1 atom stereocenters. The molecule has 0 spiro atoms. The predicted octanol–water partition coefficient (Wildman–Crippen LogP) is 3.94. The van der Waals surface area contributed by atoms with Crippen molar-refractivity contribution in [3.8, 4) is 0 Å². The minimum absolute atomic E-state index is 0.0381. The van der Waals surface area contributed by atoms with Crippen LogP contribution < -0.4 is 0 Å². The highest BCUT2D eigenvalue weighted by Crippen LogP contribution is 2.41. The monoisotopic (exact) mass is 246 g/mol. The molecule has 1 aromatic rings. The standard InChI is InChI=1S/C16H22O2/c1-6-12(2)14(13-10-8-7-9-11-13)16(3,4)15(17)18-5/h6-11,14H,1-5H3/b12-6-. The molecule has 0 aromatic heterocycles.